The molecule has 1 aromatic carbocycles. The molecule has 0 aliphatic heterocycles. The van der Waals surface area contributed by atoms with Crippen molar-refractivity contribution in [3.63, 3.8) is 0 Å². The quantitative estimate of drug-likeness (QED) is 0.352. The van der Waals surface area contributed by atoms with E-state index >= 15 is 0 Å². The summed E-state index contributed by atoms with van der Waals surface area (Å²) in [7, 11) is 0. The largest absolute Gasteiger partial charge is 0.387 e. The van der Waals surface area contributed by atoms with E-state index in [1.54, 1.807) is 0 Å². The van der Waals surface area contributed by atoms with Crippen molar-refractivity contribution in [2.24, 2.45) is 5.73 Å². The van der Waals surface area contributed by atoms with Gasteiger partial charge in [-0.25, -0.2) is 0 Å². The van der Waals surface area contributed by atoms with Crippen molar-refractivity contribution < 1.29 is 9.85 Å². The number of nitrogens with one attached hydrogen (secondary N) is 1. The number of nitrogens with zero attached hydrogens (tertiary/aromatic N) is 2. The van der Waals surface area contributed by atoms with Crippen LogP contribution in [-0.2, 0) is 6.42 Å². The van der Waals surface area contributed by atoms with Gasteiger partial charge in [0, 0.05) is 18.1 Å². The van der Waals surface area contributed by atoms with Gasteiger partial charge in [0.05, 0.1) is 21.7 Å². The van der Waals surface area contributed by atoms with E-state index in [0.717, 1.165) is 6.07 Å². The van der Waals surface area contributed by atoms with Crippen molar-refractivity contribution in [3.8, 4) is 0 Å². The lowest BCUT2D eigenvalue weighted by Gasteiger charge is -2.05. The lowest BCUT2D eigenvalue weighted by atomic mass is 10.0. The Labute approximate surface area is 95.9 Å². The smallest absolute Gasteiger partial charge is 0.279 e. The molecule has 0 saturated heterocycles. The van der Waals surface area contributed by atoms with Gasteiger partial charge in [-0.15, -0.1) is 0 Å². The molecule has 0 fully saturated rings. The van der Waals surface area contributed by atoms with Crippen LogP contribution in [0.2, 0.25) is 0 Å². The van der Waals surface area contributed by atoms with Gasteiger partial charge in [-0.3, -0.25) is 25.6 Å². The van der Waals surface area contributed by atoms with Gasteiger partial charge in [-0.05, 0) is 12.5 Å². The van der Waals surface area contributed by atoms with Crippen LogP contribution in [0.15, 0.2) is 12.1 Å². The molecule has 17 heavy (non-hydrogen) atoms. The lowest BCUT2D eigenvalue weighted by Crippen LogP contribution is -2.14. The second kappa shape index (κ2) is 4.56. The zero-order valence-corrected chi connectivity index (χ0v) is 8.97. The summed E-state index contributed by atoms with van der Waals surface area (Å²) >= 11 is 0. The van der Waals surface area contributed by atoms with Gasteiger partial charge in [-0.1, -0.05) is 0 Å². The first-order valence-corrected chi connectivity index (χ1v) is 4.58. The van der Waals surface area contributed by atoms with Crippen molar-refractivity contribution >= 4 is 17.2 Å². The Morgan fingerprint density at radius 3 is 2.35 bits per heavy atom. The molecule has 0 unspecified atom stereocenters. The number of benzene rings is 1. The fourth-order valence-corrected chi connectivity index (χ4v) is 1.43. The molecule has 90 valence electrons. The van der Waals surface area contributed by atoms with E-state index in [-0.39, 0.29) is 29.2 Å². The molecule has 0 aliphatic carbocycles. The number of nitro groups is 2. The summed E-state index contributed by atoms with van der Waals surface area (Å²) in [6, 6.07) is 2.10. The van der Waals surface area contributed by atoms with Gasteiger partial charge in [0.1, 0.15) is 0 Å². The molecular weight excluding hydrogens is 228 g/mol. The van der Waals surface area contributed by atoms with Gasteiger partial charge in [-0.2, -0.15) is 0 Å². The highest BCUT2D eigenvalue weighted by Crippen LogP contribution is 2.28. The molecule has 0 saturated carbocycles. The molecule has 1 rings (SSSR count). The first-order chi connectivity index (χ1) is 7.82. The molecule has 0 spiro atoms. The first-order valence-electron chi connectivity index (χ1n) is 4.58. The normalized spacial score (nSPS) is 9.94. The van der Waals surface area contributed by atoms with Crippen LogP contribution in [-0.4, -0.2) is 15.7 Å². The van der Waals surface area contributed by atoms with Gasteiger partial charge in [0.25, 0.3) is 11.4 Å². The van der Waals surface area contributed by atoms with E-state index in [1.165, 1.54) is 13.0 Å². The van der Waals surface area contributed by atoms with Crippen molar-refractivity contribution in [3.05, 3.63) is 43.5 Å². The summed E-state index contributed by atoms with van der Waals surface area (Å²) in [4.78, 5) is 20.0. The van der Waals surface area contributed by atoms with Crippen molar-refractivity contribution in [2.75, 3.05) is 0 Å². The molecule has 0 bridgehead atoms. The molecule has 8 heteroatoms. The van der Waals surface area contributed by atoms with E-state index in [1.807, 2.05) is 0 Å². The standard InChI is InChI=1S/C9H10N4O4/c1-5-6(3-9(10)11)2-7(12(14)15)4-8(5)13(16)17/h2,4H,3H2,1H3,(H3,10,11). The molecule has 0 heterocycles. The van der Waals surface area contributed by atoms with E-state index in [4.69, 9.17) is 11.1 Å². The Bertz CT molecular complexity index is 512. The minimum Gasteiger partial charge on any atom is -0.387 e. The third-order valence-electron chi connectivity index (χ3n) is 2.26. The van der Waals surface area contributed by atoms with Crippen LogP contribution in [0.25, 0.3) is 0 Å². The number of non-ortho nitro benzene ring substituents is 1. The summed E-state index contributed by atoms with van der Waals surface area (Å²) < 4.78 is 0. The molecule has 0 atom stereocenters. The maximum absolute atomic E-state index is 10.7. The molecule has 3 N–H and O–H groups in total. The minimum atomic E-state index is -0.712. The zero-order chi connectivity index (χ0) is 13.2. The predicted octanol–water partition coefficient (Wildman–Crippen LogP) is 1.29. The van der Waals surface area contributed by atoms with E-state index in [9.17, 15) is 20.2 Å². The number of amidine groups is 1. The Morgan fingerprint density at radius 2 is 1.94 bits per heavy atom. The summed E-state index contributed by atoms with van der Waals surface area (Å²) in [5.74, 6) is -0.206. The number of rotatable bonds is 4. The SMILES string of the molecule is Cc1c(CC(=N)N)cc([N+](=O)[O-])cc1[N+](=O)[O-]. The van der Waals surface area contributed by atoms with Gasteiger partial charge in [0.2, 0.25) is 0 Å². The van der Waals surface area contributed by atoms with Gasteiger partial charge < -0.3 is 5.73 Å². The number of nitro benzene ring substituents is 2. The molecule has 0 radical (unpaired) electrons. The van der Waals surface area contributed by atoms with Crippen LogP contribution in [0.3, 0.4) is 0 Å². The molecular formula is C9H10N4O4. The summed E-state index contributed by atoms with van der Waals surface area (Å²) in [6.07, 6.45) is -0.0473. The van der Waals surface area contributed by atoms with Crippen LogP contribution in [0, 0.1) is 32.6 Å². The van der Waals surface area contributed by atoms with E-state index in [2.05, 4.69) is 0 Å². The summed E-state index contributed by atoms with van der Waals surface area (Å²) in [5.41, 5.74) is 5.08. The lowest BCUT2D eigenvalue weighted by molar-refractivity contribution is -0.394. The molecule has 8 nitrogen and oxygen atoms in total. The Hall–Kier alpha value is -2.51. The molecule has 0 amide bonds. The van der Waals surface area contributed by atoms with Gasteiger partial charge in [0.15, 0.2) is 0 Å². The van der Waals surface area contributed by atoms with Crippen LogP contribution in [0.1, 0.15) is 11.1 Å². The van der Waals surface area contributed by atoms with Gasteiger partial charge >= 0.3 is 0 Å². The average molecular weight is 238 g/mol. The number of hydrogen-bond donors (Lipinski definition) is 2. The highest BCUT2D eigenvalue weighted by atomic mass is 16.6. The van der Waals surface area contributed by atoms with Crippen LogP contribution >= 0.6 is 0 Å². The van der Waals surface area contributed by atoms with E-state index in [0.29, 0.717) is 5.56 Å². The highest BCUT2D eigenvalue weighted by molar-refractivity contribution is 5.80. The second-order valence-electron chi connectivity index (χ2n) is 3.47. The third kappa shape index (κ3) is 2.74. The second-order valence-corrected chi connectivity index (χ2v) is 3.47. The molecule has 1 aromatic rings. The number of hydrogen-bond acceptors (Lipinski definition) is 5. The molecule has 0 aromatic heterocycles. The van der Waals surface area contributed by atoms with Crippen molar-refractivity contribution in [1.82, 2.24) is 0 Å². The Balaban J connectivity index is 3.42. The maximum atomic E-state index is 10.7. The predicted molar refractivity (Wildman–Crippen MR) is 60.1 cm³/mol. The zero-order valence-electron chi connectivity index (χ0n) is 8.97. The van der Waals surface area contributed by atoms with Crippen LogP contribution in [0.5, 0.6) is 0 Å². The first kappa shape index (κ1) is 12.6. The highest BCUT2D eigenvalue weighted by Gasteiger charge is 2.21. The average Bonchev–Trinajstić information content (AvgIpc) is 2.19. The summed E-state index contributed by atoms with van der Waals surface area (Å²) in [5, 5.41) is 28.5. The Kier molecular flexibility index (Phi) is 3.37. The minimum absolute atomic E-state index is 0.0473. The Morgan fingerprint density at radius 1 is 1.35 bits per heavy atom. The monoisotopic (exact) mass is 238 g/mol. The third-order valence-corrected chi connectivity index (χ3v) is 2.26. The molecule has 0 aliphatic rings. The topological polar surface area (TPSA) is 136 Å². The van der Waals surface area contributed by atoms with Crippen molar-refractivity contribution in [2.45, 2.75) is 13.3 Å². The van der Waals surface area contributed by atoms with E-state index < -0.39 is 9.85 Å². The maximum Gasteiger partial charge on any atom is 0.279 e. The fourth-order valence-electron chi connectivity index (χ4n) is 1.43. The fraction of sp³-hybridized carbons (Fsp3) is 0.222. The van der Waals surface area contributed by atoms with Crippen molar-refractivity contribution in [1.29, 1.82) is 5.41 Å². The summed E-state index contributed by atoms with van der Waals surface area (Å²) in [6.45, 7) is 1.47. The van der Waals surface area contributed by atoms with Crippen LogP contribution in [0.4, 0.5) is 11.4 Å². The number of nitrogens with two attached hydrogens (primary N) is 1. The van der Waals surface area contributed by atoms with Crippen LogP contribution < -0.4 is 5.73 Å².